The number of esters is 1. The van der Waals surface area contributed by atoms with Gasteiger partial charge in [-0.15, -0.1) is 0 Å². The molecule has 1 amide bonds. The minimum atomic E-state index is -0.630. The summed E-state index contributed by atoms with van der Waals surface area (Å²) in [5.41, 5.74) is 0.781. The molecule has 0 saturated heterocycles. The van der Waals surface area contributed by atoms with Gasteiger partial charge in [0.1, 0.15) is 6.04 Å². The summed E-state index contributed by atoms with van der Waals surface area (Å²) in [6.07, 6.45) is 0. The Morgan fingerprint density at radius 1 is 1.20 bits per heavy atom. The van der Waals surface area contributed by atoms with Crippen LogP contribution in [0.25, 0.3) is 0 Å². The average Bonchev–Trinajstić information content (AvgIpc) is 2.39. The summed E-state index contributed by atoms with van der Waals surface area (Å²) in [5, 5.41) is 5.71. The van der Waals surface area contributed by atoms with Crippen LogP contribution >= 0.6 is 0 Å². The third kappa shape index (κ3) is 5.40. The van der Waals surface area contributed by atoms with E-state index in [1.165, 1.54) is 0 Å². The third-order valence-electron chi connectivity index (χ3n) is 2.57. The molecule has 0 aromatic heterocycles. The Labute approximate surface area is 119 Å². The van der Waals surface area contributed by atoms with Crippen LogP contribution in [0.15, 0.2) is 30.3 Å². The van der Waals surface area contributed by atoms with Gasteiger partial charge in [0.15, 0.2) is 0 Å². The number of nitrogens with one attached hydrogen (secondary N) is 2. The van der Waals surface area contributed by atoms with Crippen molar-refractivity contribution in [2.24, 2.45) is 0 Å². The van der Waals surface area contributed by atoms with Crippen LogP contribution in [0.1, 0.15) is 32.4 Å². The molecule has 5 nitrogen and oxygen atoms in total. The molecule has 1 aromatic rings. The van der Waals surface area contributed by atoms with Gasteiger partial charge in [-0.05, 0) is 26.3 Å². The van der Waals surface area contributed by atoms with Gasteiger partial charge < -0.3 is 10.1 Å². The first kappa shape index (κ1) is 16.2. The highest BCUT2D eigenvalue weighted by Gasteiger charge is 2.22. The van der Waals surface area contributed by atoms with Crippen LogP contribution in [0, 0.1) is 0 Å². The monoisotopic (exact) mass is 278 g/mol. The van der Waals surface area contributed by atoms with Crippen molar-refractivity contribution >= 4 is 11.9 Å². The molecule has 0 heterocycles. The van der Waals surface area contributed by atoms with Crippen molar-refractivity contribution in [3.05, 3.63) is 35.9 Å². The molecule has 1 atom stereocenters. The molecule has 1 aromatic carbocycles. The van der Waals surface area contributed by atoms with E-state index in [1.54, 1.807) is 6.92 Å². The molecule has 0 aliphatic carbocycles. The highest BCUT2D eigenvalue weighted by atomic mass is 16.5. The molecule has 1 unspecified atom stereocenters. The number of ether oxygens (including phenoxy) is 1. The second kappa shape index (κ2) is 8.32. The van der Waals surface area contributed by atoms with E-state index in [0.717, 1.165) is 5.56 Å². The van der Waals surface area contributed by atoms with E-state index in [4.69, 9.17) is 4.74 Å². The molecule has 0 saturated carbocycles. The first-order valence-corrected chi connectivity index (χ1v) is 6.79. The van der Waals surface area contributed by atoms with Crippen molar-refractivity contribution in [3.63, 3.8) is 0 Å². The van der Waals surface area contributed by atoms with Crippen molar-refractivity contribution in [2.75, 3.05) is 13.2 Å². The topological polar surface area (TPSA) is 67.4 Å². The van der Waals surface area contributed by atoms with Crippen LogP contribution < -0.4 is 10.6 Å². The molecule has 0 aliphatic heterocycles. The quantitative estimate of drug-likeness (QED) is 0.740. The fraction of sp³-hybridized carbons (Fsp3) is 0.467. The van der Waals surface area contributed by atoms with Crippen molar-refractivity contribution in [3.8, 4) is 0 Å². The summed E-state index contributed by atoms with van der Waals surface area (Å²) in [6.45, 7) is 5.90. The van der Waals surface area contributed by atoms with Gasteiger partial charge in [0.05, 0.1) is 13.2 Å². The molecule has 110 valence electrons. The molecule has 0 aliphatic rings. The predicted octanol–water partition coefficient (Wildman–Crippen LogP) is 1.40. The maximum Gasteiger partial charge on any atom is 0.327 e. The molecule has 0 bridgehead atoms. The van der Waals surface area contributed by atoms with Crippen LogP contribution in [0.4, 0.5) is 0 Å². The number of rotatable bonds is 7. The lowest BCUT2D eigenvalue weighted by atomic mass is 10.1. The second-order valence-corrected chi connectivity index (χ2v) is 4.70. The first-order valence-electron chi connectivity index (χ1n) is 6.79. The van der Waals surface area contributed by atoms with Gasteiger partial charge in [-0.2, -0.15) is 0 Å². The van der Waals surface area contributed by atoms with Gasteiger partial charge in [-0.3, -0.25) is 10.1 Å². The van der Waals surface area contributed by atoms with Gasteiger partial charge in [-0.1, -0.05) is 30.3 Å². The number of hydrogen-bond donors (Lipinski definition) is 2. The minimum Gasteiger partial charge on any atom is -0.465 e. The Kier molecular flexibility index (Phi) is 6.73. The first-order chi connectivity index (χ1) is 9.54. The van der Waals surface area contributed by atoms with E-state index in [-0.39, 0.29) is 24.5 Å². The zero-order chi connectivity index (χ0) is 15.0. The molecular formula is C15H22N2O3. The standard InChI is InChI=1S/C15H22N2O3/c1-4-20-15(19)14(12-8-6-5-7-9-12)16-10-13(18)17-11(2)3/h5-9,11,14,16H,4,10H2,1-3H3,(H,17,18). The van der Waals surface area contributed by atoms with Crippen LogP contribution in [0.3, 0.4) is 0 Å². The van der Waals surface area contributed by atoms with Crippen LogP contribution in [0.2, 0.25) is 0 Å². The zero-order valence-electron chi connectivity index (χ0n) is 12.2. The summed E-state index contributed by atoms with van der Waals surface area (Å²) in [7, 11) is 0. The van der Waals surface area contributed by atoms with E-state index < -0.39 is 6.04 Å². The maximum absolute atomic E-state index is 12.0. The number of carbonyl (C=O) groups is 2. The van der Waals surface area contributed by atoms with Gasteiger partial charge in [0, 0.05) is 6.04 Å². The normalized spacial score (nSPS) is 12.0. The van der Waals surface area contributed by atoms with Gasteiger partial charge in [0.25, 0.3) is 0 Å². The summed E-state index contributed by atoms with van der Waals surface area (Å²) in [6, 6.07) is 8.66. The summed E-state index contributed by atoms with van der Waals surface area (Å²) < 4.78 is 5.04. The van der Waals surface area contributed by atoms with Crippen molar-refractivity contribution in [1.82, 2.24) is 10.6 Å². The molecule has 2 N–H and O–H groups in total. The molecular weight excluding hydrogens is 256 g/mol. The molecule has 0 fully saturated rings. The molecule has 0 spiro atoms. The lowest BCUT2D eigenvalue weighted by molar-refractivity contribution is -0.145. The van der Waals surface area contributed by atoms with E-state index in [0.29, 0.717) is 6.61 Å². The summed E-state index contributed by atoms with van der Waals surface area (Å²) >= 11 is 0. The van der Waals surface area contributed by atoms with E-state index in [9.17, 15) is 9.59 Å². The largest absolute Gasteiger partial charge is 0.465 e. The second-order valence-electron chi connectivity index (χ2n) is 4.70. The number of carbonyl (C=O) groups excluding carboxylic acids is 2. The van der Waals surface area contributed by atoms with Crippen molar-refractivity contribution in [1.29, 1.82) is 0 Å². The molecule has 5 heteroatoms. The SMILES string of the molecule is CCOC(=O)C(NCC(=O)NC(C)C)c1ccccc1. The highest BCUT2D eigenvalue weighted by molar-refractivity contribution is 5.81. The lowest BCUT2D eigenvalue weighted by Crippen LogP contribution is -2.41. The van der Waals surface area contributed by atoms with Gasteiger partial charge in [-0.25, -0.2) is 4.79 Å². The van der Waals surface area contributed by atoms with E-state index in [2.05, 4.69) is 10.6 Å². The van der Waals surface area contributed by atoms with E-state index >= 15 is 0 Å². The van der Waals surface area contributed by atoms with E-state index in [1.807, 2.05) is 44.2 Å². The zero-order valence-corrected chi connectivity index (χ0v) is 12.2. The minimum absolute atomic E-state index is 0.0660. The molecule has 1 rings (SSSR count). The Balaban J connectivity index is 2.69. The Morgan fingerprint density at radius 3 is 2.40 bits per heavy atom. The van der Waals surface area contributed by atoms with Gasteiger partial charge >= 0.3 is 5.97 Å². The van der Waals surface area contributed by atoms with Crippen LogP contribution in [-0.2, 0) is 14.3 Å². The summed E-state index contributed by atoms with van der Waals surface area (Å²) in [4.78, 5) is 23.6. The average molecular weight is 278 g/mol. The third-order valence-corrected chi connectivity index (χ3v) is 2.57. The van der Waals surface area contributed by atoms with Gasteiger partial charge in [0.2, 0.25) is 5.91 Å². The fourth-order valence-electron chi connectivity index (χ4n) is 1.78. The number of benzene rings is 1. The number of hydrogen-bond acceptors (Lipinski definition) is 4. The molecule has 0 radical (unpaired) electrons. The Bertz CT molecular complexity index is 432. The van der Waals surface area contributed by atoms with Crippen molar-refractivity contribution < 1.29 is 14.3 Å². The highest BCUT2D eigenvalue weighted by Crippen LogP contribution is 2.14. The van der Waals surface area contributed by atoms with Crippen LogP contribution in [-0.4, -0.2) is 31.1 Å². The fourth-order valence-corrected chi connectivity index (χ4v) is 1.78. The number of amides is 1. The smallest absolute Gasteiger partial charge is 0.327 e. The maximum atomic E-state index is 12.0. The lowest BCUT2D eigenvalue weighted by Gasteiger charge is -2.18. The Hall–Kier alpha value is -1.88. The van der Waals surface area contributed by atoms with Crippen LogP contribution in [0.5, 0.6) is 0 Å². The predicted molar refractivity (Wildman–Crippen MR) is 77.1 cm³/mol. The molecule has 20 heavy (non-hydrogen) atoms. The van der Waals surface area contributed by atoms with Crippen molar-refractivity contribution in [2.45, 2.75) is 32.9 Å². The summed E-state index contributed by atoms with van der Waals surface area (Å²) in [5.74, 6) is -0.527. The Morgan fingerprint density at radius 2 is 1.85 bits per heavy atom.